The fraction of sp³-hybridized carbons (Fsp3) is 0.475. The van der Waals surface area contributed by atoms with Crippen LogP contribution >= 0.6 is 0 Å². The van der Waals surface area contributed by atoms with Gasteiger partial charge in [0.1, 0.15) is 48.9 Å². The minimum Gasteiger partial charge on any atom is -0.490 e. The maximum absolute atomic E-state index is 14.3. The predicted octanol–water partition coefficient (Wildman–Crippen LogP) is 4.88. The van der Waals surface area contributed by atoms with Gasteiger partial charge in [-0.05, 0) is 73.1 Å². The molecule has 1 aliphatic heterocycles. The summed E-state index contributed by atoms with van der Waals surface area (Å²) >= 11 is 0. The fourth-order valence-electron chi connectivity index (χ4n) is 5.86. The van der Waals surface area contributed by atoms with E-state index in [-0.39, 0.29) is 30.6 Å². The van der Waals surface area contributed by atoms with Gasteiger partial charge in [0.05, 0.1) is 0 Å². The number of hydrogen-bond acceptors (Lipinski definition) is 6. The molecule has 1 heterocycles. The summed E-state index contributed by atoms with van der Waals surface area (Å²) in [6.45, 7) is 14.1. The zero-order chi connectivity index (χ0) is 36.8. The number of allylic oxidation sites excluding steroid dienone is 1. The van der Waals surface area contributed by atoms with Crippen molar-refractivity contribution in [3.05, 3.63) is 90.2 Å². The zero-order valence-electron chi connectivity index (χ0n) is 30.6. The van der Waals surface area contributed by atoms with E-state index in [0.29, 0.717) is 37.6 Å². The number of nitrogens with zero attached hydrogens (tertiary/aromatic N) is 2. The SMILES string of the molecule is C=C=CCOc1ccc(C[C@@H]2NC(=O)[C@H](CC(C)C)N(C)C(=O)[C@H](Cc3ccc(OC/C=C/C)cc3)NC(=O)[C@H](CC(C)C)N(C)C2=O)cc1. The highest BCUT2D eigenvalue weighted by Crippen LogP contribution is 2.21. The average Bonchev–Trinajstić information content (AvgIpc) is 3.08. The molecule has 0 aromatic heterocycles. The second kappa shape index (κ2) is 19.4. The number of benzene rings is 2. The molecule has 0 bridgehead atoms. The van der Waals surface area contributed by atoms with Crippen LogP contribution < -0.4 is 20.1 Å². The highest BCUT2D eigenvalue weighted by Gasteiger charge is 2.39. The van der Waals surface area contributed by atoms with Crippen LogP contribution in [-0.4, -0.2) is 84.9 Å². The summed E-state index contributed by atoms with van der Waals surface area (Å²) in [6, 6.07) is 11.0. The van der Waals surface area contributed by atoms with Crippen LogP contribution in [0.15, 0.2) is 79.1 Å². The highest BCUT2D eigenvalue weighted by atomic mass is 16.5. The molecule has 0 spiro atoms. The monoisotopic (exact) mass is 686 g/mol. The summed E-state index contributed by atoms with van der Waals surface area (Å²) in [6.07, 6.45) is 6.59. The van der Waals surface area contributed by atoms with Crippen LogP contribution in [0.1, 0.15) is 58.6 Å². The van der Waals surface area contributed by atoms with E-state index in [1.165, 1.54) is 9.80 Å². The van der Waals surface area contributed by atoms with Crippen molar-refractivity contribution in [1.29, 1.82) is 0 Å². The van der Waals surface area contributed by atoms with E-state index in [1.807, 2.05) is 83.2 Å². The topological polar surface area (TPSA) is 117 Å². The lowest BCUT2D eigenvalue weighted by Crippen LogP contribution is -2.62. The second-order valence-electron chi connectivity index (χ2n) is 13.6. The molecule has 0 saturated carbocycles. The van der Waals surface area contributed by atoms with Crippen molar-refractivity contribution in [2.45, 2.75) is 84.5 Å². The Morgan fingerprint density at radius 3 is 1.48 bits per heavy atom. The molecule has 2 aromatic rings. The summed E-state index contributed by atoms with van der Waals surface area (Å²) in [7, 11) is 3.18. The van der Waals surface area contributed by atoms with E-state index in [2.05, 4.69) is 22.9 Å². The smallest absolute Gasteiger partial charge is 0.245 e. The molecular weight excluding hydrogens is 632 g/mol. The van der Waals surface area contributed by atoms with Crippen molar-refractivity contribution >= 4 is 23.6 Å². The first kappa shape index (κ1) is 39.6. The number of amides is 4. The molecule has 0 aliphatic carbocycles. The Bertz CT molecular complexity index is 1500. The van der Waals surface area contributed by atoms with Crippen LogP contribution in [0.5, 0.6) is 11.5 Å². The van der Waals surface area contributed by atoms with Crippen LogP contribution in [0.2, 0.25) is 0 Å². The van der Waals surface area contributed by atoms with Gasteiger partial charge in [-0.1, -0.05) is 70.7 Å². The van der Waals surface area contributed by atoms with Crippen molar-refractivity contribution in [3.63, 3.8) is 0 Å². The van der Waals surface area contributed by atoms with Gasteiger partial charge in [-0.3, -0.25) is 19.2 Å². The Balaban J connectivity index is 1.99. The molecule has 2 N–H and O–H groups in total. The summed E-state index contributed by atoms with van der Waals surface area (Å²) in [5.41, 5.74) is 4.27. The lowest BCUT2D eigenvalue weighted by atomic mass is 9.96. The van der Waals surface area contributed by atoms with Gasteiger partial charge >= 0.3 is 0 Å². The summed E-state index contributed by atoms with van der Waals surface area (Å²) in [5, 5.41) is 5.97. The van der Waals surface area contributed by atoms with Gasteiger partial charge in [-0.25, -0.2) is 0 Å². The molecule has 10 heteroatoms. The molecule has 4 amide bonds. The van der Waals surface area contributed by atoms with Gasteiger partial charge in [-0.2, -0.15) is 0 Å². The molecular formula is C40H54N4O6. The van der Waals surface area contributed by atoms with Crippen LogP contribution in [0, 0.1) is 11.8 Å². The third-order valence-corrected chi connectivity index (χ3v) is 8.64. The largest absolute Gasteiger partial charge is 0.490 e. The molecule has 2 aromatic carbocycles. The maximum Gasteiger partial charge on any atom is 0.245 e. The van der Waals surface area contributed by atoms with E-state index in [9.17, 15) is 19.2 Å². The fourth-order valence-corrected chi connectivity index (χ4v) is 5.86. The Labute approximate surface area is 297 Å². The molecule has 10 nitrogen and oxygen atoms in total. The average molecular weight is 687 g/mol. The first-order valence-corrected chi connectivity index (χ1v) is 17.4. The van der Waals surface area contributed by atoms with Crippen molar-refractivity contribution < 1.29 is 28.7 Å². The third kappa shape index (κ3) is 11.7. The van der Waals surface area contributed by atoms with Gasteiger partial charge in [0.15, 0.2) is 0 Å². The second-order valence-corrected chi connectivity index (χ2v) is 13.6. The van der Waals surface area contributed by atoms with Gasteiger partial charge in [0.2, 0.25) is 23.6 Å². The Morgan fingerprint density at radius 1 is 0.720 bits per heavy atom. The van der Waals surface area contributed by atoms with Crippen molar-refractivity contribution in [1.82, 2.24) is 20.4 Å². The molecule has 3 rings (SSSR count). The van der Waals surface area contributed by atoms with Crippen molar-refractivity contribution in [3.8, 4) is 11.5 Å². The Hall–Kier alpha value is -4.82. The third-order valence-electron chi connectivity index (χ3n) is 8.64. The minimum atomic E-state index is -0.979. The lowest BCUT2D eigenvalue weighted by molar-refractivity contribution is -0.148. The van der Waals surface area contributed by atoms with E-state index in [4.69, 9.17) is 9.47 Å². The highest BCUT2D eigenvalue weighted by molar-refractivity contribution is 5.97. The predicted molar refractivity (Wildman–Crippen MR) is 196 cm³/mol. The van der Waals surface area contributed by atoms with Gasteiger partial charge in [0, 0.05) is 26.9 Å². The van der Waals surface area contributed by atoms with E-state index in [1.54, 1.807) is 32.3 Å². The molecule has 1 fully saturated rings. The first-order chi connectivity index (χ1) is 23.8. The van der Waals surface area contributed by atoms with Crippen LogP contribution in [-0.2, 0) is 32.0 Å². The zero-order valence-corrected chi connectivity index (χ0v) is 30.6. The Kier molecular flexibility index (Phi) is 15.4. The van der Waals surface area contributed by atoms with Gasteiger partial charge in [0.25, 0.3) is 0 Å². The van der Waals surface area contributed by atoms with Crippen molar-refractivity contribution in [2.75, 3.05) is 27.3 Å². The number of likely N-dealkylation sites (N-methyl/N-ethyl adjacent to an activating group) is 2. The summed E-state index contributed by atoms with van der Waals surface area (Å²) in [4.78, 5) is 59.5. The number of carbonyl (C=O) groups is 4. The van der Waals surface area contributed by atoms with Gasteiger partial charge in [-0.15, -0.1) is 5.73 Å². The molecule has 1 aliphatic rings. The number of rotatable bonds is 14. The maximum atomic E-state index is 14.3. The molecule has 50 heavy (non-hydrogen) atoms. The van der Waals surface area contributed by atoms with E-state index >= 15 is 0 Å². The number of carbonyl (C=O) groups excluding carboxylic acids is 4. The van der Waals surface area contributed by atoms with E-state index in [0.717, 1.165) is 11.1 Å². The quantitative estimate of drug-likeness (QED) is 0.216. The summed E-state index contributed by atoms with van der Waals surface area (Å²) in [5.74, 6) is -0.174. The Morgan fingerprint density at radius 2 is 1.12 bits per heavy atom. The standard InChI is InChI=1S/C40H54N4O6/c1-9-11-21-49-31-17-13-29(14-18-31)25-33-39(47)43(7)36(24-28(5)6)38(46)42-34(26-30-15-19-32(20-16-30)50-22-12-10-2)40(48)44(8)35(23-27(3)4)37(45)41-33/h10-20,27-28,33-36H,1,21-26H2,2-8H3,(H,41,45)(H,42,46)/b12-10+/t33-,34-,35-,36-/m0/s1. The normalized spacial score (nSPS) is 20.7. The number of hydrogen-bond donors (Lipinski definition) is 2. The van der Waals surface area contributed by atoms with E-state index < -0.39 is 41.9 Å². The van der Waals surface area contributed by atoms with Crippen molar-refractivity contribution in [2.24, 2.45) is 11.8 Å². The van der Waals surface area contributed by atoms with Gasteiger partial charge < -0.3 is 29.9 Å². The van der Waals surface area contributed by atoms with Crippen LogP contribution in [0.3, 0.4) is 0 Å². The molecule has 270 valence electrons. The lowest BCUT2D eigenvalue weighted by Gasteiger charge is -2.37. The molecule has 1 saturated heterocycles. The molecule has 0 unspecified atom stereocenters. The molecule has 4 atom stereocenters. The number of nitrogens with one attached hydrogen (secondary N) is 2. The minimum absolute atomic E-state index is 0.0628. The van der Waals surface area contributed by atoms with Crippen LogP contribution in [0.25, 0.3) is 0 Å². The molecule has 0 radical (unpaired) electrons. The first-order valence-electron chi connectivity index (χ1n) is 17.4. The number of ether oxygens (including phenoxy) is 2. The summed E-state index contributed by atoms with van der Waals surface area (Å²) < 4.78 is 11.4. The van der Waals surface area contributed by atoms with Crippen LogP contribution in [0.4, 0.5) is 0 Å².